The van der Waals surface area contributed by atoms with Crippen molar-refractivity contribution in [3.05, 3.63) is 11.6 Å². The average molecular weight is 491 g/mol. The van der Waals surface area contributed by atoms with Crippen molar-refractivity contribution in [3.63, 3.8) is 0 Å². The number of aliphatic hydroxyl groups excluding tert-OH is 1. The number of ether oxygens (including phenoxy) is 3. The molecule has 3 bridgehead atoms. The summed E-state index contributed by atoms with van der Waals surface area (Å²) in [4.78, 5) is 37.8. The highest BCUT2D eigenvalue weighted by Crippen LogP contribution is 2.68. The minimum absolute atomic E-state index is 0.184. The summed E-state index contributed by atoms with van der Waals surface area (Å²) in [6.07, 6.45) is 1.38. The highest BCUT2D eigenvalue weighted by atomic mass is 16.7. The van der Waals surface area contributed by atoms with E-state index in [9.17, 15) is 29.7 Å². The second-order valence-electron chi connectivity index (χ2n) is 12.1. The van der Waals surface area contributed by atoms with Crippen molar-refractivity contribution in [1.82, 2.24) is 0 Å². The first-order valence-electron chi connectivity index (χ1n) is 12.8. The van der Waals surface area contributed by atoms with Gasteiger partial charge in [-0.3, -0.25) is 9.59 Å². The van der Waals surface area contributed by atoms with Crippen molar-refractivity contribution in [2.45, 2.75) is 76.7 Å². The third-order valence-corrected chi connectivity index (χ3v) is 10.6. The van der Waals surface area contributed by atoms with Crippen LogP contribution in [0.3, 0.4) is 0 Å². The molecule has 3 heterocycles. The molecule has 0 amide bonds. The predicted octanol–water partition coefficient (Wildman–Crippen LogP) is 1.50. The van der Waals surface area contributed by atoms with Gasteiger partial charge in [-0.2, -0.15) is 0 Å². The summed E-state index contributed by atoms with van der Waals surface area (Å²) in [7, 11) is 0. The van der Waals surface area contributed by atoms with Gasteiger partial charge in [-0.25, -0.2) is 4.79 Å². The molecule has 3 aliphatic carbocycles. The number of hydrogen-bond donors (Lipinski definition) is 3. The lowest BCUT2D eigenvalue weighted by Gasteiger charge is -2.57. The fourth-order valence-electron chi connectivity index (χ4n) is 9.12. The number of rotatable bonds is 2. The maximum atomic E-state index is 13.4. The number of carboxylic acid groups (broad SMARTS) is 1. The van der Waals surface area contributed by atoms with Gasteiger partial charge in [0.15, 0.2) is 5.79 Å². The second-order valence-corrected chi connectivity index (χ2v) is 12.1. The number of aliphatic hydroxyl groups is 2. The summed E-state index contributed by atoms with van der Waals surface area (Å²) in [5.41, 5.74) is -0.518. The molecule has 192 valence electrons. The molecule has 0 spiro atoms. The summed E-state index contributed by atoms with van der Waals surface area (Å²) in [6.45, 7) is 6.93. The van der Waals surface area contributed by atoms with Crippen LogP contribution in [0.1, 0.15) is 47.0 Å². The first kappa shape index (κ1) is 23.4. The van der Waals surface area contributed by atoms with Crippen LogP contribution in [0, 0.1) is 53.3 Å². The zero-order valence-corrected chi connectivity index (χ0v) is 20.4. The Morgan fingerprint density at radius 1 is 1.20 bits per heavy atom. The minimum atomic E-state index is -1.72. The summed E-state index contributed by atoms with van der Waals surface area (Å²) >= 11 is 0. The lowest BCUT2D eigenvalue weighted by molar-refractivity contribution is -0.369. The van der Waals surface area contributed by atoms with Crippen LogP contribution in [-0.4, -0.2) is 62.9 Å². The van der Waals surface area contributed by atoms with Gasteiger partial charge in [-0.05, 0) is 55.8 Å². The van der Waals surface area contributed by atoms with Gasteiger partial charge < -0.3 is 29.5 Å². The number of carbonyl (C=O) groups is 3. The number of esters is 2. The van der Waals surface area contributed by atoms with Crippen molar-refractivity contribution in [2.24, 2.45) is 53.3 Å². The highest BCUT2D eigenvalue weighted by molar-refractivity contribution is 5.88. The molecule has 5 fully saturated rings. The van der Waals surface area contributed by atoms with Gasteiger partial charge >= 0.3 is 17.9 Å². The van der Waals surface area contributed by atoms with Crippen molar-refractivity contribution >= 4 is 17.9 Å². The van der Waals surface area contributed by atoms with E-state index in [4.69, 9.17) is 14.2 Å². The van der Waals surface area contributed by atoms with E-state index >= 15 is 0 Å². The molecular weight excluding hydrogens is 456 g/mol. The number of carbonyl (C=O) groups excluding carboxylic acids is 2. The molecule has 3 aliphatic heterocycles. The van der Waals surface area contributed by atoms with Crippen molar-refractivity contribution in [1.29, 1.82) is 0 Å². The number of fused-ring (bicyclic) bond motifs is 9. The van der Waals surface area contributed by atoms with E-state index in [0.29, 0.717) is 19.3 Å². The average Bonchev–Trinajstić information content (AvgIpc) is 3.26. The largest absolute Gasteiger partial charge is 0.478 e. The molecule has 14 unspecified atom stereocenters. The summed E-state index contributed by atoms with van der Waals surface area (Å²) < 4.78 is 17.9. The van der Waals surface area contributed by atoms with E-state index < -0.39 is 95.0 Å². The van der Waals surface area contributed by atoms with Gasteiger partial charge in [0.05, 0.1) is 11.7 Å². The smallest absolute Gasteiger partial charge is 0.331 e. The number of hydrogen-bond acceptors (Lipinski definition) is 8. The number of aliphatic carboxylic acids is 1. The van der Waals surface area contributed by atoms with Gasteiger partial charge in [0.1, 0.15) is 18.1 Å². The van der Waals surface area contributed by atoms with Crippen molar-refractivity contribution in [3.8, 4) is 0 Å². The van der Waals surface area contributed by atoms with Crippen molar-refractivity contribution in [2.75, 3.05) is 0 Å². The van der Waals surface area contributed by atoms with E-state index in [0.717, 1.165) is 0 Å². The van der Waals surface area contributed by atoms with Crippen molar-refractivity contribution < 1.29 is 43.9 Å². The Bertz CT molecular complexity index is 1020. The molecule has 2 saturated carbocycles. The Hall–Kier alpha value is -1.97. The third kappa shape index (κ3) is 2.89. The molecular formula is C26H34O9. The van der Waals surface area contributed by atoms with Gasteiger partial charge in [-0.1, -0.05) is 19.9 Å². The third-order valence-electron chi connectivity index (χ3n) is 10.6. The van der Waals surface area contributed by atoms with Crippen LogP contribution in [0.15, 0.2) is 11.6 Å². The predicted molar refractivity (Wildman–Crippen MR) is 118 cm³/mol. The SMILES string of the molecule is CC(=O)OC1C(C)C(O)C2C1C=C(C(=O)O)C1CC3C(C12)C1C(=O)OC2CCC3(C)OC1(O)C2C. The fraction of sp³-hybridized carbons (Fsp3) is 0.808. The molecule has 35 heavy (non-hydrogen) atoms. The van der Waals surface area contributed by atoms with Gasteiger partial charge in [0, 0.05) is 30.3 Å². The van der Waals surface area contributed by atoms with Crippen LogP contribution in [-0.2, 0) is 28.6 Å². The van der Waals surface area contributed by atoms with E-state index in [-0.39, 0.29) is 11.5 Å². The normalized spacial score (nSPS) is 55.7. The first-order chi connectivity index (χ1) is 16.4. The quantitative estimate of drug-likeness (QED) is 0.491. The Kier molecular flexibility index (Phi) is 4.88. The Morgan fingerprint density at radius 3 is 2.57 bits per heavy atom. The van der Waals surface area contributed by atoms with Crippen LogP contribution >= 0.6 is 0 Å². The van der Waals surface area contributed by atoms with E-state index in [1.807, 2.05) is 20.8 Å². The molecule has 9 nitrogen and oxygen atoms in total. The molecule has 0 radical (unpaired) electrons. The standard InChI is InChI=1S/C26H34O9/c1-9-21(28)18-14(22(9)33-11(3)27)7-13(23(29)30)12-8-15-19(17(12)18)20-24(31)34-16-5-6-25(15,4)35-26(20,32)10(16)2/h7,9-10,12,14-22,28,32H,5-6,8H2,1-4H3,(H,29,30). The fourth-order valence-corrected chi connectivity index (χ4v) is 9.12. The Morgan fingerprint density at radius 2 is 1.91 bits per heavy atom. The van der Waals surface area contributed by atoms with Gasteiger partial charge in [0.25, 0.3) is 0 Å². The molecule has 14 atom stereocenters. The van der Waals surface area contributed by atoms with Crippen LogP contribution < -0.4 is 0 Å². The Labute approximate surface area is 203 Å². The highest BCUT2D eigenvalue weighted by Gasteiger charge is 2.74. The zero-order valence-electron chi connectivity index (χ0n) is 20.4. The minimum Gasteiger partial charge on any atom is -0.478 e. The molecule has 0 aromatic heterocycles. The van der Waals surface area contributed by atoms with E-state index in [1.54, 1.807) is 6.08 Å². The maximum absolute atomic E-state index is 13.4. The Balaban J connectivity index is 1.52. The monoisotopic (exact) mass is 490 g/mol. The van der Waals surface area contributed by atoms with E-state index in [1.165, 1.54) is 6.92 Å². The second kappa shape index (κ2) is 7.29. The van der Waals surface area contributed by atoms with Crippen LogP contribution in [0.25, 0.3) is 0 Å². The maximum Gasteiger partial charge on any atom is 0.331 e. The zero-order chi connectivity index (χ0) is 25.2. The van der Waals surface area contributed by atoms with Gasteiger partial charge in [-0.15, -0.1) is 0 Å². The number of carboxylic acids is 1. The molecule has 9 heteroatoms. The molecule has 3 N–H and O–H groups in total. The molecule has 3 saturated heterocycles. The lowest BCUT2D eigenvalue weighted by atomic mass is 9.59. The summed E-state index contributed by atoms with van der Waals surface area (Å²) in [5, 5.41) is 33.6. The van der Waals surface area contributed by atoms with Crippen LogP contribution in [0.2, 0.25) is 0 Å². The summed E-state index contributed by atoms with van der Waals surface area (Å²) in [5.74, 6) is -7.87. The first-order valence-corrected chi connectivity index (χ1v) is 12.8. The molecule has 0 aromatic carbocycles. The molecule has 6 aliphatic rings. The molecule has 0 aromatic rings. The topological polar surface area (TPSA) is 140 Å². The molecule has 6 rings (SSSR count). The van der Waals surface area contributed by atoms with Gasteiger partial charge in [0.2, 0.25) is 0 Å². The van der Waals surface area contributed by atoms with Crippen LogP contribution in [0.5, 0.6) is 0 Å². The van der Waals surface area contributed by atoms with Crippen LogP contribution in [0.4, 0.5) is 0 Å². The summed E-state index contributed by atoms with van der Waals surface area (Å²) in [6, 6.07) is 0. The van der Waals surface area contributed by atoms with E-state index in [2.05, 4.69) is 0 Å². The lowest BCUT2D eigenvalue weighted by Crippen LogP contribution is -2.68.